The van der Waals surface area contributed by atoms with E-state index in [4.69, 9.17) is 22.9 Å². The summed E-state index contributed by atoms with van der Waals surface area (Å²) in [6, 6.07) is -3.22. The molecule has 1 fully saturated rings. The molecule has 0 spiro atoms. The van der Waals surface area contributed by atoms with Gasteiger partial charge in [0.05, 0.1) is 6.54 Å². The van der Waals surface area contributed by atoms with Crippen molar-refractivity contribution in [3.8, 4) is 0 Å². The number of nitrogens with one attached hydrogen (secondary N) is 2. The Labute approximate surface area is 185 Å². The van der Waals surface area contributed by atoms with Gasteiger partial charge in [0.15, 0.2) is 5.96 Å². The molecule has 14 nitrogen and oxygen atoms in total. The van der Waals surface area contributed by atoms with Gasteiger partial charge in [0.2, 0.25) is 23.6 Å². The number of carboxylic acid groups (broad SMARTS) is 1. The SMILES string of the molecule is NCC(=O)N[C@@H](CCC(N)=O)C(=O)N[C@@H](CCCN=C(N)N)C(=O)N1CCC[C@H]1C(=O)O. The maximum atomic E-state index is 13.1. The van der Waals surface area contributed by atoms with Crippen molar-refractivity contribution < 1.29 is 29.1 Å². The van der Waals surface area contributed by atoms with Gasteiger partial charge in [-0.05, 0) is 32.1 Å². The third-order valence-corrected chi connectivity index (χ3v) is 4.90. The van der Waals surface area contributed by atoms with E-state index in [-0.39, 0.29) is 44.9 Å². The number of aliphatic imine (C=N–C) groups is 1. The fourth-order valence-electron chi connectivity index (χ4n) is 3.33. The van der Waals surface area contributed by atoms with E-state index in [1.165, 1.54) is 4.90 Å². The quantitative estimate of drug-likeness (QED) is 0.0817. The third-order valence-electron chi connectivity index (χ3n) is 4.90. The second kappa shape index (κ2) is 13.1. The number of likely N-dealkylation sites (tertiary alicyclic amines) is 1. The number of hydrogen-bond donors (Lipinski definition) is 7. The fraction of sp³-hybridized carbons (Fsp3) is 0.667. The molecule has 0 aliphatic carbocycles. The number of nitrogens with zero attached hydrogens (tertiary/aromatic N) is 2. The van der Waals surface area contributed by atoms with Crippen LogP contribution in [0.3, 0.4) is 0 Å². The average molecular weight is 457 g/mol. The monoisotopic (exact) mass is 456 g/mol. The molecule has 0 bridgehead atoms. The molecule has 0 radical (unpaired) electrons. The van der Waals surface area contributed by atoms with Crippen molar-refractivity contribution in [2.24, 2.45) is 27.9 Å². The number of rotatable bonds is 13. The molecule has 14 heteroatoms. The van der Waals surface area contributed by atoms with Gasteiger partial charge in [-0.25, -0.2) is 4.79 Å². The summed E-state index contributed by atoms with van der Waals surface area (Å²) in [5.74, 6) is -3.84. The van der Waals surface area contributed by atoms with E-state index in [2.05, 4.69) is 15.6 Å². The summed E-state index contributed by atoms with van der Waals surface area (Å²) in [5, 5.41) is 14.3. The molecule has 1 heterocycles. The lowest BCUT2D eigenvalue weighted by atomic mass is 10.1. The van der Waals surface area contributed by atoms with E-state index >= 15 is 0 Å². The van der Waals surface area contributed by atoms with E-state index in [1.54, 1.807) is 0 Å². The Balaban J connectivity index is 2.99. The number of amides is 4. The molecule has 0 aromatic carbocycles. The second-order valence-electron chi connectivity index (χ2n) is 7.37. The van der Waals surface area contributed by atoms with Gasteiger partial charge in [0, 0.05) is 19.5 Å². The van der Waals surface area contributed by atoms with Crippen LogP contribution in [0.5, 0.6) is 0 Å². The highest BCUT2D eigenvalue weighted by Crippen LogP contribution is 2.19. The number of carbonyl (C=O) groups excluding carboxylic acids is 4. The summed E-state index contributed by atoms with van der Waals surface area (Å²) >= 11 is 0. The minimum atomic E-state index is -1.15. The molecule has 0 aromatic heterocycles. The average Bonchev–Trinajstić information content (AvgIpc) is 3.22. The Morgan fingerprint density at radius 3 is 2.31 bits per heavy atom. The fourth-order valence-corrected chi connectivity index (χ4v) is 3.33. The zero-order valence-electron chi connectivity index (χ0n) is 17.8. The minimum Gasteiger partial charge on any atom is -0.480 e. The molecule has 1 saturated heterocycles. The molecule has 0 saturated carbocycles. The van der Waals surface area contributed by atoms with Gasteiger partial charge in [0.1, 0.15) is 18.1 Å². The Bertz CT molecular complexity index is 739. The Morgan fingerprint density at radius 2 is 1.75 bits per heavy atom. The van der Waals surface area contributed by atoms with Crippen LogP contribution in [0, 0.1) is 0 Å². The van der Waals surface area contributed by atoms with Crippen molar-refractivity contribution in [3.63, 3.8) is 0 Å². The Hall–Kier alpha value is -3.42. The number of hydrogen-bond acceptors (Lipinski definition) is 7. The van der Waals surface area contributed by atoms with Gasteiger partial charge in [-0.15, -0.1) is 0 Å². The largest absolute Gasteiger partial charge is 0.480 e. The van der Waals surface area contributed by atoms with Crippen LogP contribution < -0.4 is 33.6 Å². The van der Waals surface area contributed by atoms with Crippen LogP contribution in [0.15, 0.2) is 4.99 Å². The van der Waals surface area contributed by atoms with Gasteiger partial charge in [-0.2, -0.15) is 0 Å². The number of carboxylic acids is 1. The summed E-state index contributed by atoms with van der Waals surface area (Å²) < 4.78 is 0. The molecule has 0 aromatic rings. The minimum absolute atomic E-state index is 0.0940. The standard InChI is InChI=1S/C18H32N8O6/c19-9-14(28)24-10(5-6-13(20)27)15(29)25-11(3-1-7-23-18(21)22)16(30)26-8-2-4-12(26)17(31)32/h10-12H,1-9,19H2,(H2,20,27)(H,24,28)(H,25,29)(H,31,32)(H4,21,22,23)/t10-,11-,12-/m0/s1. The number of nitrogens with two attached hydrogens (primary N) is 4. The first-order chi connectivity index (χ1) is 15.1. The van der Waals surface area contributed by atoms with Crippen LogP contribution in [-0.4, -0.2) is 83.3 Å². The van der Waals surface area contributed by atoms with Gasteiger partial charge in [0.25, 0.3) is 0 Å². The first-order valence-electron chi connectivity index (χ1n) is 10.2. The molecule has 0 unspecified atom stereocenters. The van der Waals surface area contributed by atoms with Crippen molar-refractivity contribution in [2.45, 2.75) is 56.7 Å². The van der Waals surface area contributed by atoms with Crippen molar-refractivity contribution in [3.05, 3.63) is 0 Å². The predicted molar refractivity (Wildman–Crippen MR) is 114 cm³/mol. The van der Waals surface area contributed by atoms with Crippen molar-refractivity contribution in [2.75, 3.05) is 19.6 Å². The van der Waals surface area contributed by atoms with Crippen LogP contribution in [0.2, 0.25) is 0 Å². The summed E-state index contributed by atoms with van der Waals surface area (Å²) in [5.41, 5.74) is 21.0. The maximum absolute atomic E-state index is 13.1. The molecule has 180 valence electrons. The molecule has 32 heavy (non-hydrogen) atoms. The first-order valence-corrected chi connectivity index (χ1v) is 10.2. The topological polar surface area (TPSA) is 249 Å². The molecule has 3 atom stereocenters. The zero-order chi connectivity index (χ0) is 24.3. The third kappa shape index (κ3) is 8.75. The molecular formula is C18H32N8O6. The molecule has 4 amide bonds. The first kappa shape index (κ1) is 26.6. The summed E-state index contributed by atoms with van der Waals surface area (Å²) in [4.78, 5) is 65.2. The van der Waals surface area contributed by atoms with Crippen LogP contribution in [0.25, 0.3) is 0 Å². The molecule has 1 aliphatic heterocycles. The van der Waals surface area contributed by atoms with Crippen LogP contribution in [0.4, 0.5) is 0 Å². The summed E-state index contributed by atoms with van der Waals surface area (Å²) in [6.45, 7) is 0.0553. The van der Waals surface area contributed by atoms with E-state index in [0.717, 1.165) is 0 Å². The Morgan fingerprint density at radius 1 is 1.06 bits per heavy atom. The van der Waals surface area contributed by atoms with Crippen LogP contribution >= 0.6 is 0 Å². The van der Waals surface area contributed by atoms with E-state index < -0.39 is 47.7 Å². The van der Waals surface area contributed by atoms with Gasteiger partial charge in [-0.3, -0.25) is 24.2 Å². The van der Waals surface area contributed by atoms with E-state index in [1.807, 2.05) is 0 Å². The molecule has 1 rings (SSSR count). The zero-order valence-corrected chi connectivity index (χ0v) is 17.8. The second-order valence-corrected chi connectivity index (χ2v) is 7.37. The van der Waals surface area contributed by atoms with Crippen molar-refractivity contribution >= 4 is 35.6 Å². The van der Waals surface area contributed by atoms with Gasteiger partial charge >= 0.3 is 5.97 Å². The van der Waals surface area contributed by atoms with Crippen LogP contribution in [-0.2, 0) is 24.0 Å². The molecular weight excluding hydrogens is 424 g/mol. The highest BCUT2D eigenvalue weighted by Gasteiger charge is 2.38. The normalized spacial score (nSPS) is 17.2. The number of guanidine groups is 1. The van der Waals surface area contributed by atoms with Gasteiger partial charge in [-0.1, -0.05) is 0 Å². The lowest BCUT2D eigenvalue weighted by Gasteiger charge is -2.28. The summed E-state index contributed by atoms with van der Waals surface area (Å²) in [7, 11) is 0. The Kier molecular flexibility index (Phi) is 10.9. The van der Waals surface area contributed by atoms with Gasteiger partial charge < -0.3 is 43.6 Å². The van der Waals surface area contributed by atoms with Crippen molar-refractivity contribution in [1.82, 2.24) is 15.5 Å². The predicted octanol–water partition coefficient (Wildman–Crippen LogP) is -3.69. The van der Waals surface area contributed by atoms with Crippen LogP contribution in [0.1, 0.15) is 38.5 Å². The summed E-state index contributed by atoms with van der Waals surface area (Å²) in [6.07, 6.45) is 0.996. The maximum Gasteiger partial charge on any atom is 0.326 e. The number of primary amides is 1. The molecule has 11 N–H and O–H groups in total. The number of carbonyl (C=O) groups is 5. The smallest absolute Gasteiger partial charge is 0.326 e. The van der Waals surface area contributed by atoms with E-state index in [0.29, 0.717) is 19.3 Å². The van der Waals surface area contributed by atoms with Crippen molar-refractivity contribution in [1.29, 1.82) is 0 Å². The molecule has 1 aliphatic rings. The highest BCUT2D eigenvalue weighted by atomic mass is 16.4. The van der Waals surface area contributed by atoms with E-state index in [9.17, 15) is 29.1 Å². The lowest BCUT2D eigenvalue weighted by Crippen LogP contribution is -2.56. The highest BCUT2D eigenvalue weighted by molar-refractivity contribution is 5.94. The number of aliphatic carboxylic acids is 1. The lowest BCUT2D eigenvalue weighted by molar-refractivity contribution is -0.149.